The molecule has 0 bridgehead atoms. The third-order valence-corrected chi connectivity index (χ3v) is 5.75. The molecule has 5 nitrogen and oxygen atoms in total. The van der Waals surface area contributed by atoms with Gasteiger partial charge in [-0.15, -0.1) is 0 Å². The maximum Gasteiger partial charge on any atom is 0.0945 e. The van der Waals surface area contributed by atoms with Crippen molar-refractivity contribution >= 4 is 17.2 Å². The summed E-state index contributed by atoms with van der Waals surface area (Å²) in [5, 5.41) is 10.7. The Bertz CT molecular complexity index is 925. The lowest BCUT2D eigenvalue weighted by molar-refractivity contribution is 0.534. The quantitative estimate of drug-likeness (QED) is 0.714. The van der Waals surface area contributed by atoms with Crippen molar-refractivity contribution in [3.05, 3.63) is 82.6 Å². The number of rotatable bonds is 2. The highest BCUT2D eigenvalue weighted by Gasteiger charge is 2.22. The lowest BCUT2D eigenvalue weighted by atomic mass is 9.95. The first kappa shape index (κ1) is 20.0. The van der Waals surface area contributed by atoms with Crippen LogP contribution in [0.25, 0.3) is 5.57 Å². The fourth-order valence-corrected chi connectivity index (χ4v) is 4.07. The van der Waals surface area contributed by atoms with E-state index in [0.717, 1.165) is 44.0 Å². The van der Waals surface area contributed by atoms with Gasteiger partial charge in [0.15, 0.2) is 0 Å². The summed E-state index contributed by atoms with van der Waals surface area (Å²) in [6.45, 7) is 4.56. The second-order valence-electron chi connectivity index (χ2n) is 7.59. The predicted octanol–water partition coefficient (Wildman–Crippen LogP) is 2.85. The van der Waals surface area contributed by atoms with Gasteiger partial charge in [-0.25, -0.2) is 4.98 Å². The van der Waals surface area contributed by atoms with Gasteiger partial charge in [-0.05, 0) is 53.1 Å². The van der Waals surface area contributed by atoms with Crippen molar-refractivity contribution < 1.29 is 0 Å². The van der Waals surface area contributed by atoms with Gasteiger partial charge in [0.2, 0.25) is 0 Å². The van der Waals surface area contributed by atoms with Crippen molar-refractivity contribution in [1.29, 1.82) is 0 Å². The second-order valence-corrected chi connectivity index (χ2v) is 8.03. The van der Waals surface area contributed by atoms with E-state index < -0.39 is 0 Å². The molecule has 1 aliphatic carbocycles. The highest BCUT2D eigenvalue weighted by atomic mass is 35.5. The second kappa shape index (κ2) is 9.44. The number of hydrogen-bond acceptors (Lipinski definition) is 4. The zero-order valence-corrected chi connectivity index (χ0v) is 17.5. The van der Waals surface area contributed by atoms with Crippen molar-refractivity contribution in [3.63, 3.8) is 0 Å². The van der Waals surface area contributed by atoms with Gasteiger partial charge in [-0.2, -0.15) is 0 Å². The number of imidazole rings is 1. The molecule has 2 aromatic rings. The molecule has 1 atom stereocenters. The van der Waals surface area contributed by atoms with E-state index in [1.54, 1.807) is 0 Å². The van der Waals surface area contributed by atoms with Crippen LogP contribution in [0.2, 0.25) is 5.02 Å². The van der Waals surface area contributed by atoms with E-state index in [9.17, 15) is 0 Å². The molecule has 1 aromatic heterocycles. The van der Waals surface area contributed by atoms with Gasteiger partial charge in [0.25, 0.3) is 0 Å². The van der Waals surface area contributed by atoms with E-state index in [1.807, 2.05) is 31.8 Å². The van der Waals surface area contributed by atoms with Crippen LogP contribution in [0.3, 0.4) is 0 Å². The van der Waals surface area contributed by atoms with Crippen molar-refractivity contribution in [1.82, 2.24) is 25.5 Å². The molecule has 6 heteroatoms. The Hall–Kier alpha value is -2.34. The normalized spacial score (nSPS) is 20.1. The maximum absolute atomic E-state index is 6.27. The van der Waals surface area contributed by atoms with Gasteiger partial charge in [0.05, 0.1) is 12.4 Å². The first-order chi connectivity index (χ1) is 14.2. The standard InChI is InChI=1S/C19H18ClN3.C4H10N2/c1-23-12-21-11-17(23)8-15-7-14-3-2-6-22-19(14)9-13-4-5-16(20)10-18(13)15;1-2-6-4-3-5-1/h2-7,10-12,19,22H,8-9H2,1H3;5-6H,1-4H2. The van der Waals surface area contributed by atoms with Crippen molar-refractivity contribution in [2.45, 2.75) is 18.9 Å². The number of allylic oxidation sites excluding steroid dienone is 3. The molecule has 2 aliphatic heterocycles. The smallest absolute Gasteiger partial charge is 0.0945 e. The first-order valence-electron chi connectivity index (χ1n) is 10.2. The molecule has 0 saturated carbocycles. The number of aryl methyl sites for hydroxylation is 1. The summed E-state index contributed by atoms with van der Waals surface area (Å²) >= 11 is 6.27. The highest BCUT2D eigenvalue weighted by molar-refractivity contribution is 6.30. The number of benzene rings is 1. The zero-order chi connectivity index (χ0) is 20.1. The van der Waals surface area contributed by atoms with Gasteiger partial charge in [-0.3, -0.25) is 0 Å². The van der Waals surface area contributed by atoms with Crippen molar-refractivity contribution in [2.75, 3.05) is 26.2 Å². The molecule has 0 radical (unpaired) electrons. The van der Waals surface area contributed by atoms with Gasteiger partial charge in [0, 0.05) is 56.6 Å². The molecule has 3 heterocycles. The molecular weight excluding hydrogens is 382 g/mol. The Kier molecular flexibility index (Phi) is 6.49. The average Bonchev–Trinajstić information content (AvgIpc) is 3.09. The van der Waals surface area contributed by atoms with Crippen LogP contribution in [0.5, 0.6) is 0 Å². The molecule has 29 heavy (non-hydrogen) atoms. The topological polar surface area (TPSA) is 53.9 Å². The van der Waals surface area contributed by atoms with E-state index in [1.165, 1.54) is 28.0 Å². The maximum atomic E-state index is 6.27. The minimum Gasteiger partial charge on any atom is -0.384 e. The number of hydrogen-bond donors (Lipinski definition) is 3. The summed E-state index contributed by atoms with van der Waals surface area (Å²) in [4.78, 5) is 4.24. The van der Waals surface area contributed by atoms with E-state index in [-0.39, 0.29) is 0 Å². The van der Waals surface area contributed by atoms with Crippen molar-refractivity contribution in [3.8, 4) is 0 Å². The highest BCUT2D eigenvalue weighted by Crippen LogP contribution is 2.33. The number of halogens is 1. The van der Waals surface area contributed by atoms with Crippen LogP contribution in [0.4, 0.5) is 0 Å². The molecular formula is C23H28ClN5. The van der Waals surface area contributed by atoms with Crippen LogP contribution in [0.15, 0.2) is 60.7 Å². The van der Waals surface area contributed by atoms with Crippen LogP contribution >= 0.6 is 11.6 Å². The van der Waals surface area contributed by atoms with Crippen LogP contribution in [-0.2, 0) is 19.9 Å². The Balaban J connectivity index is 0.000000294. The third-order valence-electron chi connectivity index (χ3n) is 5.51. The number of aromatic nitrogens is 2. The lowest BCUT2D eigenvalue weighted by Crippen LogP contribution is -2.39. The van der Waals surface area contributed by atoms with E-state index in [0.29, 0.717) is 6.04 Å². The fraction of sp³-hybridized carbons (Fsp3) is 0.348. The SMILES string of the molecule is C1CNCCN1.Cn1cncc1CC1=CC2=CC=CNC2Cc2ccc(Cl)cc21. The van der Waals surface area contributed by atoms with E-state index in [4.69, 9.17) is 11.6 Å². The molecule has 1 fully saturated rings. The first-order valence-corrected chi connectivity index (χ1v) is 10.6. The predicted molar refractivity (Wildman–Crippen MR) is 120 cm³/mol. The van der Waals surface area contributed by atoms with Crippen molar-refractivity contribution in [2.24, 2.45) is 7.05 Å². The molecule has 3 aliphatic rings. The summed E-state index contributed by atoms with van der Waals surface area (Å²) in [7, 11) is 2.03. The largest absolute Gasteiger partial charge is 0.384 e. The minimum atomic E-state index is 0.323. The average molecular weight is 410 g/mol. The summed E-state index contributed by atoms with van der Waals surface area (Å²) < 4.78 is 2.07. The Morgan fingerprint density at radius 2 is 1.97 bits per heavy atom. The van der Waals surface area contributed by atoms with Gasteiger partial charge in [-0.1, -0.05) is 29.8 Å². The Morgan fingerprint density at radius 1 is 1.17 bits per heavy atom. The number of piperazine rings is 1. The fourth-order valence-electron chi connectivity index (χ4n) is 3.89. The zero-order valence-electron chi connectivity index (χ0n) is 16.8. The number of fused-ring (bicyclic) bond motifs is 2. The minimum absolute atomic E-state index is 0.323. The monoisotopic (exact) mass is 409 g/mol. The van der Waals surface area contributed by atoms with Gasteiger partial charge in [0.1, 0.15) is 0 Å². The number of dihydropyridines is 1. The Labute approximate surface area is 177 Å². The third kappa shape index (κ3) is 4.99. The molecule has 1 unspecified atom stereocenters. The van der Waals surface area contributed by atoms with Crippen LogP contribution < -0.4 is 16.0 Å². The molecule has 3 N–H and O–H groups in total. The molecule has 1 aromatic carbocycles. The van der Waals surface area contributed by atoms with Crippen LogP contribution in [0, 0.1) is 0 Å². The molecule has 5 rings (SSSR count). The molecule has 1 saturated heterocycles. The molecule has 0 amide bonds. The van der Waals surface area contributed by atoms with E-state index in [2.05, 4.69) is 55.9 Å². The Morgan fingerprint density at radius 3 is 2.66 bits per heavy atom. The molecule has 0 spiro atoms. The molecule has 152 valence electrons. The summed E-state index contributed by atoms with van der Waals surface area (Å²) in [5.74, 6) is 0. The lowest BCUT2D eigenvalue weighted by Gasteiger charge is -2.20. The van der Waals surface area contributed by atoms with Crippen LogP contribution in [0.1, 0.15) is 16.8 Å². The summed E-state index contributed by atoms with van der Waals surface area (Å²) in [6.07, 6.45) is 14.2. The van der Waals surface area contributed by atoms with Gasteiger partial charge >= 0.3 is 0 Å². The number of nitrogens with zero attached hydrogens (tertiary/aromatic N) is 2. The number of nitrogens with one attached hydrogen (secondary N) is 3. The summed E-state index contributed by atoms with van der Waals surface area (Å²) in [5.41, 5.74) is 6.38. The van der Waals surface area contributed by atoms with Crippen LogP contribution in [-0.4, -0.2) is 41.8 Å². The van der Waals surface area contributed by atoms with Gasteiger partial charge < -0.3 is 20.5 Å². The van der Waals surface area contributed by atoms with E-state index >= 15 is 0 Å². The summed E-state index contributed by atoms with van der Waals surface area (Å²) in [6, 6.07) is 6.54.